The van der Waals surface area contributed by atoms with Crippen molar-refractivity contribution >= 4 is 11.9 Å². The van der Waals surface area contributed by atoms with E-state index in [2.05, 4.69) is 20.5 Å². The SMILES string of the molecule is COc1n[nH]c(NC(=O)c2cccc(C)c2F)n1. The van der Waals surface area contributed by atoms with E-state index in [1.54, 1.807) is 19.1 Å². The van der Waals surface area contributed by atoms with Crippen LogP contribution in [0.15, 0.2) is 18.2 Å². The average Bonchev–Trinajstić information content (AvgIpc) is 2.80. The molecule has 0 saturated carbocycles. The van der Waals surface area contributed by atoms with Crippen LogP contribution in [-0.2, 0) is 0 Å². The number of methoxy groups -OCH3 is 1. The van der Waals surface area contributed by atoms with Crippen LogP contribution in [-0.4, -0.2) is 28.2 Å². The number of ether oxygens (including phenoxy) is 1. The van der Waals surface area contributed by atoms with Crippen molar-refractivity contribution in [2.75, 3.05) is 12.4 Å². The van der Waals surface area contributed by atoms with Gasteiger partial charge in [0.15, 0.2) is 0 Å². The normalized spacial score (nSPS) is 10.2. The molecule has 2 N–H and O–H groups in total. The molecule has 1 aromatic heterocycles. The van der Waals surface area contributed by atoms with Crippen LogP contribution in [0.25, 0.3) is 0 Å². The highest BCUT2D eigenvalue weighted by Gasteiger charge is 2.15. The molecule has 0 atom stereocenters. The second-order valence-corrected chi connectivity index (χ2v) is 3.56. The molecule has 1 aromatic carbocycles. The van der Waals surface area contributed by atoms with Crippen LogP contribution in [0.4, 0.5) is 10.3 Å². The zero-order valence-corrected chi connectivity index (χ0v) is 9.82. The third kappa shape index (κ3) is 2.29. The van der Waals surface area contributed by atoms with Crippen molar-refractivity contribution in [2.45, 2.75) is 6.92 Å². The molecule has 0 aliphatic carbocycles. The highest BCUT2D eigenvalue weighted by molar-refractivity contribution is 6.03. The minimum atomic E-state index is -0.602. The van der Waals surface area contributed by atoms with Gasteiger partial charge in [-0.25, -0.2) is 9.49 Å². The number of benzene rings is 1. The molecule has 0 radical (unpaired) electrons. The number of aryl methyl sites for hydroxylation is 1. The number of anilines is 1. The molecule has 0 fully saturated rings. The zero-order valence-electron chi connectivity index (χ0n) is 9.82. The molecule has 94 valence electrons. The van der Waals surface area contributed by atoms with Gasteiger partial charge >= 0.3 is 6.01 Å². The van der Waals surface area contributed by atoms with Crippen LogP contribution in [0.1, 0.15) is 15.9 Å². The Labute approximate surface area is 102 Å². The number of aromatic amines is 1. The van der Waals surface area contributed by atoms with Crippen LogP contribution in [0.3, 0.4) is 0 Å². The minimum absolute atomic E-state index is 0.0506. The summed E-state index contributed by atoms with van der Waals surface area (Å²) in [7, 11) is 1.40. The number of hydrogen-bond donors (Lipinski definition) is 2. The van der Waals surface area contributed by atoms with Gasteiger partial charge in [-0.3, -0.25) is 10.1 Å². The predicted molar refractivity (Wildman–Crippen MR) is 62.0 cm³/mol. The van der Waals surface area contributed by atoms with Gasteiger partial charge in [0.25, 0.3) is 5.91 Å². The van der Waals surface area contributed by atoms with E-state index in [0.29, 0.717) is 5.56 Å². The van der Waals surface area contributed by atoms with Gasteiger partial charge in [-0.1, -0.05) is 12.1 Å². The van der Waals surface area contributed by atoms with E-state index in [1.165, 1.54) is 13.2 Å². The Bertz CT molecular complexity index is 582. The summed E-state index contributed by atoms with van der Waals surface area (Å²) < 4.78 is 18.4. The van der Waals surface area contributed by atoms with Crippen molar-refractivity contribution in [3.63, 3.8) is 0 Å². The molecular formula is C11H11FN4O2. The molecular weight excluding hydrogens is 239 g/mol. The summed E-state index contributed by atoms with van der Waals surface area (Å²) in [6.07, 6.45) is 0. The highest BCUT2D eigenvalue weighted by Crippen LogP contribution is 2.13. The number of amides is 1. The van der Waals surface area contributed by atoms with E-state index < -0.39 is 11.7 Å². The second-order valence-electron chi connectivity index (χ2n) is 3.56. The lowest BCUT2D eigenvalue weighted by atomic mass is 10.1. The number of nitrogens with zero attached hydrogens (tertiary/aromatic N) is 2. The van der Waals surface area contributed by atoms with E-state index in [9.17, 15) is 9.18 Å². The topological polar surface area (TPSA) is 79.9 Å². The minimum Gasteiger partial charge on any atom is -0.466 e. The molecule has 7 heteroatoms. The summed E-state index contributed by atoms with van der Waals surface area (Å²) >= 11 is 0. The molecule has 1 heterocycles. The standard InChI is InChI=1S/C11H11FN4O2/c1-6-4-3-5-7(8(6)12)9(17)13-10-14-11(18-2)16-15-10/h3-5H,1-2H3,(H2,13,14,15,16,17). The van der Waals surface area contributed by atoms with Crippen molar-refractivity contribution < 1.29 is 13.9 Å². The van der Waals surface area contributed by atoms with Crippen LogP contribution >= 0.6 is 0 Å². The van der Waals surface area contributed by atoms with Crippen molar-refractivity contribution in [3.05, 3.63) is 35.1 Å². The molecule has 6 nitrogen and oxygen atoms in total. The van der Waals surface area contributed by atoms with Gasteiger partial charge in [0.05, 0.1) is 12.7 Å². The number of nitrogens with one attached hydrogen (secondary N) is 2. The maximum atomic E-state index is 13.7. The lowest BCUT2D eigenvalue weighted by Gasteiger charge is -2.04. The summed E-state index contributed by atoms with van der Waals surface area (Å²) in [6.45, 7) is 1.59. The summed E-state index contributed by atoms with van der Waals surface area (Å²) in [6, 6.07) is 4.68. The molecule has 1 amide bonds. The maximum Gasteiger partial charge on any atom is 0.336 e. The third-order valence-corrected chi connectivity index (χ3v) is 2.32. The Kier molecular flexibility index (Phi) is 3.22. The van der Waals surface area contributed by atoms with E-state index in [1.807, 2.05) is 0 Å². The third-order valence-electron chi connectivity index (χ3n) is 2.32. The lowest BCUT2D eigenvalue weighted by Crippen LogP contribution is -2.15. The van der Waals surface area contributed by atoms with E-state index in [0.717, 1.165) is 0 Å². The van der Waals surface area contributed by atoms with Gasteiger partial charge in [-0.2, -0.15) is 4.98 Å². The Morgan fingerprint density at radius 3 is 2.94 bits per heavy atom. The van der Waals surface area contributed by atoms with Crippen LogP contribution in [0.2, 0.25) is 0 Å². The van der Waals surface area contributed by atoms with Gasteiger partial charge in [-0.15, -0.1) is 5.10 Å². The molecule has 0 aliphatic heterocycles. The fourth-order valence-corrected chi connectivity index (χ4v) is 1.39. The first-order chi connectivity index (χ1) is 8.61. The van der Waals surface area contributed by atoms with E-state index in [-0.39, 0.29) is 17.5 Å². The van der Waals surface area contributed by atoms with Crippen molar-refractivity contribution in [2.24, 2.45) is 0 Å². The number of carbonyl (C=O) groups is 1. The fraction of sp³-hybridized carbons (Fsp3) is 0.182. The summed E-state index contributed by atoms with van der Waals surface area (Å²) in [5, 5.41) is 8.50. The fourth-order valence-electron chi connectivity index (χ4n) is 1.39. The molecule has 0 spiro atoms. The molecule has 2 rings (SSSR count). The van der Waals surface area contributed by atoms with Gasteiger partial charge < -0.3 is 4.74 Å². The quantitative estimate of drug-likeness (QED) is 0.865. The molecule has 0 saturated heterocycles. The monoisotopic (exact) mass is 250 g/mol. The largest absolute Gasteiger partial charge is 0.466 e. The van der Waals surface area contributed by atoms with Crippen molar-refractivity contribution in [1.29, 1.82) is 0 Å². The first-order valence-electron chi connectivity index (χ1n) is 5.14. The maximum absolute atomic E-state index is 13.7. The number of hydrogen-bond acceptors (Lipinski definition) is 4. The average molecular weight is 250 g/mol. The van der Waals surface area contributed by atoms with E-state index in [4.69, 9.17) is 4.74 Å². The smallest absolute Gasteiger partial charge is 0.336 e. The first-order valence-corrected chi connectivity index (χ1v) is 5.14. The van der Waals surface area contributed by atoms with Gasteiger partial charge in [0, 0.05) is 0 Å². The lowest BCUT2D eigenvalue weighted by molar-refractivity contribution is 0.102. The van der Waals surface area contributed by atoms with Crippen LogP contribution in [0, 0.1) is 12.7 Å². The Morgan fingerprint density at radius 2 is 2.28 bits per heavy atom. The molecule has 18 heavy (non-hydrogen) atoms. The summed E-state index contributed by atoms with van der Waals surface area (Å²) in [5.41, 5.74) is 0.350. The zero-order chi connectivity index (χ0) is 13.1. The van der Waals surface area contributed by atoms with Crippen molar-refractivity contribution in [3.8, 4) is 6.01 Å². The Hall–Kier alpha value is -2.44. The van der Waals surface area contributed by atoms with Crippen molar-refractivity contribution in [1.82, 2.24) is 15.2 Å². The van der Waals surface area contributed by atoms with Crippen LogP contribution < -0.4 is 10.1 Å². The summed E-state index contributed by atoms with van der Waals surface area (Å²) in [5.74, 6) is -1.06. The van der Waals surface area contributed by atoms with Gasteiger partial charge in [-0.05, 0) is 18.6 Å². The first kappa shape index (κ1) is 12.0. The van der Waals surface area contributed by atoms with Gasteiger partial charge in [0.1, 0.15) is 5.82 Å². The van der Waals surface area contributed by atoms with E-state index >= 15 is 0 Å². The number of H-pyrrole nitrogens is 1. The Balaban J connectivity index is 2.19. The molecule has 0 bridgehead atoms. The number of aromatic nitrogens is 3. The number of carbonyl (C=O) groups excluding carboxylic acids is 1. The van der Waals surface area contributed by atoms with Gasteiger partial charge in [0.2, 0.25) is 5.95 Å². The second kappa shape index (κ2) is 4.82. The molecule has 0 aliphatic rings. The number of halogens is 1. The number of rotatable bonds is 3. The highest BCUT2D eigenvalue weighted by atomic mass is 19.1. The van der Waals surface area contributed by atoms with Crippen LogP contribution in [0.5, 0.6) is 6.01 Å². The molecule has 2 aromatic rings. The summed E-state index contributed by atoms with van der Waals surface area (Å²) in [4.78, 5) is 15.6. The Morgan fingerprint density at radius 1 is 1.50 bits per heavy atom. The molecule has 0 unspecified atom stereocenters. The predicted octanol–water partition coefficient (Wildman–Crippen LogP) is 1.51.